The molecule has 0 saturated carbocycles. The third-order valence-corrected chi connectivity index (χ3v) is 1.47. The molecule has 0 aromatic rings. The smallest absolute Gasteiger partial charge is 0.257 e. The van der Waals surface area contributed by atoms with E-state index in [-0.39, 0.29) is 11.8 Å². The molecule has 0 atom stereocenters. The fraction of sp³-hybridized carbons (Fsp3) is 0.375. The SMILES string of the molecule is C=C1NC(=O)C(C(C)C)=CO1. The second kappa shape index (κ2) is 2.78. The van der Waals surface area contributed by atoms with E-state index in [1.54, 1.807) is 0 Å². The summed E-state index contributed by atoms with van der Waals surface area (Å²) in [6.07, 6.45) is 1.45. The van der Waals surface area contributed by atoms with Crippen LogP contribution in [0.15, 0.2) is 24.3 Å². The Morgan fingerprint density at radius 3 is 2.73 bits per heavy atom. The van der Waals surface area contributed by atoms with Gasteiger partial charge in [0.1, 0.15) is 6.26 Å². The lowest BCUT2D eigenvalue weighted by atomic mass is 10.0. The standard InChI is InChI=1S/C8H11NO2/c1-5(2)7-4-11-6(3)9-8(7)10/h4-5H,3H2,1-2H3,(H,9,10). The summed E-state index contributed by atoms with van der Waals surface area (Å²) in [7, 11) is 0. The molecule has 0 fully saturated rings. The third-order valence-electron chi connectivity index (χ3n) is 1.47. The minimum Gasteiger partial charge on any atom is -0.449 e. The van der Waals surface area contributed by atoms with Crippen molar-refractivity contribution in [2.24, 2.45) is 5.92 Å². The van der Waals surface area contributed by atoms with Crippen molar-refractivity contribution in [3.05, 3.63) is 24.3 Å². The molecule has 3 heteroatoms. The van der Waals surface area contributed by atoms with Gasteiger partial charge in [0, 0.05) is 0 Å². The van der Waals surface area contributed by atoms with Crippen LogP contribution in [0.4, 0.5) is 0 Å². The number of nitrogens with one attached hydrogen (secondary N) is 1. The molecule has 3 nitrogen and oxygen atoms in total. The van der Waals surface area contributed by atoms with Crippen molar-refractivity contribution in [2.75, 3.05) is 0 Å². The van der Waals surface area contributed by atoms with Crippen LogP contribution in [0.25, 0.3) is 0 Å². The van der Waals surface area contributed by atoms with E-state index >= 15 is 0 Å². The number of rotatable bonds is 1. The van der Waals surface area contributed by atoms with Crippen molar-refractivity contribution < 1.29 is 9.53 Å². The van der Waals surface area contributed by atoms with Crippen molar-refractivity contribution in [3.63, 3.8) is 0 Å². The van der Waals surface area contributed by atoms with Crippen LogP contribution in [0.3, 0.4) is 0 Å². The van der Waals surface area contributed by atoms with Gasteiger partial charge in [-0.3, -0.25) is 10.1 Å². The van der Waals surface area contributed by atoms with Crippen LogP contribution in [0, 0.1) is 5.92 Å². The van der Waals surface area contributed by atoms with Gasteiger partial charge in [-0.1, -0.05) is 13.8 Å². The first-order valence-electron chi connectivity index (χ1n) is 3.48. The summed E-state index contributed by atoms with van der Waals surface area (Å²) in [5.41, 5.74) is 0.650. The normalized spacial score (nSPS) is 17.5. The zero-order valence-corrected chi connectivity index (χ0v) is 6.68. The highest BCUT2D eigenvalue weighted by molar-refractivity contribution is 5.95. The molecule has 1 N–H and O–H groups in total. The highest BCUT2D eigenvalue weighted by Crippen LogP contribution is 2.14. The zero-order chi connectivity index (χ0) is 8.43. The van der Waals surface area contributed by atoms with Gasteiger partial charge in [-0.05, 0) is 12.5 Å². The number of carbonyl (C=O) groups is 1. The van der Waals surface area contributed by atoms with Gasteiger partial charge in [-0.25, -0.2) is 0 Å². The lowest BCUT2D eigenvalue weighted by Crippen LogP contribution is -2.30. The van der Waals surface area contributed by atoms with Crippen molar-refractivity contribution in [1.29, 1.82) is 0 Å². The third kappa shape index (κ3) is 1.61. The fourth-order valence-corrected chi connectivity index (χ4v) is 0.815. The minimum atomic E-state index is -0.115. The van der Waals surface area contributed by atoms with Crippen LogP contribution in [0.1, 0.15) is 13.8 Å². The number of ether oxygens (including phenoxy) is 1. The molecule has 0 saturated heterocycles. The molecule has 1 rings (SSSR count). The number of carbonyl (C=O) groups excluding carboxylic acids is 1. The molecule has 0 aliphatic carbocycles. The predicted octanol–water partition coefficient (Wildman–Crippen LogP) is 1.14. The molecule has 1 aliphatic heterocycles. The summed E-state index contributed by atoms with van der Waals surface area (Å²) < 4.78 is 4.93. The van der Waals surface area contributed by atoms with Crippen LogP contribution >= 0.6 is 0 Å². The van der Waals surface area contributed by atoms with Gasteiger partial charge in [0.2, 0.25) is 0 Å². The fourth-order valence-electron chi connectivity index (χ4n) is 0.815. The Kier molecular flexibility index (Phi) is 1.98. The molecule has 0 spiro atoms. The lowest BCUT2D eigenvalue weighted by molar-refractivity contribution is -0.118. The molecule has 0 bridgehead atoms. The van der Waals surface area contributed by atoms with Gasteiger partial charge in [-0.2, -0.15) is 0 Å². The van der Waals surface area contributed by atoms with Crippen LogP contribution in [-0.2, 0) is 9.53 Å². The van der Waals surface area contributed by atoms with E-state index in [4.69, 9.17) is 4.74 Å². The molecule has 60 valence electrons. The van der Waals surface area contributed by atoms with E-state index in [0.717, 1.165) is 0 Å². The Hall–Kier alpha value is -1.25. The Morgan fingerprint density at radius 2 is 2.27 bits per heavy atom. The number of hydrogen-bond acceptors (Lipinski definition) is 2. The highest BCUT2D eigenvalue weighted by atomic mass is 16.5. The van der Waals surface area contributed by atoms with Crippen LogP contribution < -0.4 is 5.32 Å². The summed E-state index contributed by atoms with van der Waals surface area (Å²) in [6, 6.07) is 0. The molecule has 11 heavy (non-hydrogen) atoms. The molecule has 0 aromatic heterocycles. The Balaban J connectivity index is 2.81. The second-order valence-corrected chi connectivity index (χ2v) is 2.72. The average molecular weight is 153 g/mol. The quantitative estimate of drug-likeness (QED) is 0.613. The molecular weight excluding hydrogens is 142 g/mol. The monoisotopic (exact) mass is 153 g/mol. The first-order chi connectivity index (χ1) is 5.11. The van der Waals surface area contributed by atoms with Crippen molar-refractivity contribution >= 4 is 5.91 Å². The summed E-state index contributed by atoms with van der Waals surface area (Å²) in [6.45, 7) is 7.33. The molecule has 0 unspecified atom stereocenters. The Morgan fingerprint density at radius 1 is 1.64 bits per heavy atom. The maximum atomic E-state index is 11.1. The van der Waals surface area contributed by atoms with Gasteiger partial charge in [0.05, 0.1) is 5.57 Å². The first-order valence-corrected chi connectivity index (χ1v) is 3.48. The van der Waals surface area contributed by atoms with E-state index in [1.807, 2.05) is 13.8 Å². The van der Waals surface area contributed by atoms with Gasteiger partial charge in [0.25, 0.3) is 5.91 Å². The molecular formula is C8H11NO2. The van der Waals surface area contributed by atoms with Crippen LogP contribution in [-0.4, -0.2) is 5.91 Å². The van der Waals surface area contributed by atoms with E-state index in [1.165, 1.54) is 6.26 Å². The predicted molar refractivity (Wildman–Crippen MR) is 41.3 cm³/mol. The summed E-state index contributed by atoms with van der Waals surface area (Å²) in [5, 5.41) is 2.49. The summed E-state index contributed by atoms with van der Waals surface area (Å²) in [5.74, 6) is 0.360. The van der Waals surface area contributed by atoms with Gasteiger partial charge in [0.15, 0.2) is 5.88 Å². The van der Waals surface area contributed by atoms with E-state index in [9.17, 15) is 4.79 Å². The second-order valence-electron chi connectivity index (χ2n) is 2.72. The first kappa shape index (κ1) is 7.85. The van der Waals surface area contributed by atoms with Gasteiger partial charge >= 0.3 is 0 Å². The average Bonchev–Trinajstić information content (AvgIpc) is 1.85. The van der Waals surface area contributed by atoms with Crippen LogP contribution in [0.5, 0.6) is 0 Å². The molecule has 0 aromatic carbocycles. The number of amides is 1. The number of hydrogen-bond donors (Lipinski definition) is 1. The van der Waals surface area contributed by atoms with Gasteiger partial charge in [-0.15, -0.1) is 0 Å². The molecule has 1 heterocycles. The van der Waals surface area contributed by atoms with E-state index in [0.29, 0.717) is 11.5 Å². The molecule has 1 aliphatic rings. The van der Waals surface area contributed by atoms with Crippen molar-refractivity contribution in [3.8, 4) is 0 Å². The maximum absolute atomic E-state index is 11.1. The molecule has 1 amide bonds. The van der Waals surface area contributed by atoms with Crippen molar-refractivity contribution in [1.82, 2.24) is 5.32 Å². The Labute approximate surface area is 65.7 Å². The summed E-state index contributed by atoms with van der Waals surface area (Å²) >= 11 is 0. The van der Waals surface area contributed by atoms with Crippen LogP contribution in [0.2, 0.25) is 0 Å². The Bertz CT molecular complexity index is 228. The maximum Gasteiger partial charge on any atom is 0.257 e. The lowest BCUT2D eigenvalue weighted by Gasteiger charge is -2.17. The van der Waals surface area contributed by atoms with E-state index in [2.05, 4.69) is 11.9 Å². The summed E-state index contributed by atoms with van der Waals surface area (Å²) in [4.78, 5) is 11.1. The highest BCUT2D eigenvalue weighted by Gasteiger charge is 2.18. The minimum absolute atomic E-state index is 0.115. The topological polar surface area (TPSA) is 38.3 Å². The van der Waals surface area contributed by atoms with E-state index < -0.39 is 0 Å². The largest absolute Gasteiger partial charge is 0.449 e. The van der Waals surface area contributed by atoms with Gasteiger partial charge < -0.3 is 4.74 Å². The zero-order valence-electron chi connectivity index (χ0n) is 6.68. The molecule has 0 radical (unpaired) electrons. The van der Waals surface area contributed by atoms with Crippen molar-refractivity contribution in [2.45, 2.75) is 13.8 Å².